The van der Waals surface area contributed by atoms with Gasteiger partial charge in [0.25, 0.3) is 5.91 Å². The summed E-state index contributed by atoms with van der Waals surface area (Å²) in [6.07, 6.45) is 4.62. The third-order valence-corrected chi connectivity index (χ3v) is 4.92. The Hall–Kier alpha value is -2.83. The van der Waals surface area contributed by atoms with Crippen LogP contribution in [0.25, 0.3) is 0 Å². The van der Waals surface area contributed by atoms with Gasteiger partial charge in [-0.05, 0) is 24.5 Å². The Bertz CT molecular complexity index is 783. The van der Waals surface area contributed by atoms with E-state index in [2.05, 4.69) is 5.10 Å². The number of hydrogen-bond donors (Lipinski definition) is 1. The number of fused-ring (bicyclic) bond motifs is 1. The van der Waals surface area contributed by atoms with Crippen molar-refractivity contribution >= 4 is 11.9 Å². The molecule has 3 heterocycles. The molecule has 1 saturated heterocycles. The molecule has 7 nitrogen and oxygen atoms in total. The van der Waals surface area contributed by atoms with Gasteiger partial charge < -0.3 is 14.7 Å². The maximum atomic E-state index is 12.7. The van der Waals surface area contributed by atoms with Crippen LogP contribution in [0.5, 0.6) is 5.75 Å². The van der Waals surface area contributed by atoms with Crippen LogP contribution >= 0.6 is 0 Å². The number of nitrogens with zero attached hydrogens (tertiary/aromatic N) is 3. The van der Waals surface area contributed by atoms with Crippen LogP contribution in [0.1, 0.15) is 34.8 Å². The number of hydrogen-bond acceptors (Lipinski definition) is 4. The predicted molar refractivity (Wildman–Crippen MR) is 88.6 cm³/mol. The first-order valence-corrected chi connectivity index (χ1v) is 8.42. The molecule has 1 N–H and O–H groups in total. The van der Waals surface area contributed by atoms with Gasteiger partial charge in [0.1, 0.15) is 5.75 Å². The first kappa shape index (κ1) is 15.7. The molecule has 1 aromatic carbocycles. The van der Waals surface area contributed by atoms with Crippen LogP contribution in [0.4, 0.5) is 0 Å². The van der Waals surface area contributed by atoms with E-state index in [1.807, 2.05) is 29.2 Å². The second-order valence-electron chi connectivity index (χ2n) is 6.49. The predicted octanol–water partition coefficient (Wildman–Crippen LogP) is 1.75. The van der Waals surface area contributed by atoms with Gasteiger partial charge in [0.05, 0.1) is 17.8 Å². The molecule has 2 aliphatic heterocycles. The van der Waals surface area contributed by atoms with Gasteiger partial charge >= 0.3 is 5.97 Å². The number of carboxylic acid groups (broad SMARTS) is 1. The number of rotatable bonds is 3. The summed E-state index contributed by atoms with van der Waals surface area (Å²) in [5.41, 5.74) is 1.27. The Kier molecular flexibility index (Phi) is 3.91. The summed E-state index contributed by atoms with van der Waals surface area (Å²) >= 11 is 0. The van der Waals surface area contributed by atoms with Crippen molar-refractivity contribution in [2.45, 2.75) is 31.4 Å². The summed E-state index contributed by atoms with van der Waals surface area (Å²) in [5, 5.41) is 13.1. The van der Waals surface area contributed by atoms with Crippen molar-refractivity contribution in [1.29, 1.82) is 0 Å². The van der Waals surface area contributed by atoms with Crippen LogP contribution in [0.2, 0.25) is 0 Å². The van der Waals surface area contributed by atoms with Gasteiger partial charge in [-0.3, -0.25) is 9.48 Å². The van der Waals surface area contributed by atoms with Gasteiger partial charge in [-0.2, -0.15) is 5.10 Å². The largest absolute Gasteiger partial charge is 0.480 e. The van der Waals surface area contributed by atoms with Crippen molar-refractivity contribution in [3.63, 3.8) is 0 Å². The molecule has 130 valence electrons. The van der Waals surface area contributed by atoms with Gasteiger partial charge in [0, 0.05) is 25.7 Å². The van der Waals surface area contributed by atoms with Gasteiger partial charge in [0.15, 0.2) is 6.10 Å². The van der Waals surface area contributed by atoms with Crippen molar-refractivity contribution in [2.75, 3.05) is 13.1 Å². The minimum Gasteiger partial charge on any atom is -0.480 e. The van der Waals surface area contributed by atoms with Crippen molar-refractivity contribution in [1.82, 2.24) is 14.7 Å². The zero-order valence-electron chi connectivity index (χ0n) is 13.7. The number of piperidine rings is 1. The highest BCUT2D eigenvalue weighted by Crippen LogP contribution is 2.30. The SMILES string of the molecule is O=C(O)c1cnn(C2CCN(C(=O)C3Cc4ccccc4O3)CC2)c1. The van der Waals surface area contributed by atoms with E-state index in [9.17, 15) is 9.59 Å². The molecule has 1 aromatic heterocycles. The average molecular weight is 341 g/mol. The fraction of sp³-hybridized carbons (Fsp3) is 0.389. The van der Waals surface area contributed by atoms with Gasteiger partial charge in [0.2, 0.25) is 0 Å². The monoisotopic (exact) mass is 341 g/mol. The van der Waals surface area contributed by atoms with Gasteiger partial charge in [-0.25, -0.2) is 4.79 Å². The molecule has 1 amide bonds. The van der Waals surface area contributed by atoms with E-state index in [1.165, 1.54) is 6.20 Å². The molecule has 0 saturated carbocycles. The van der Waals surface area contributed by atoms with E-state index in [0.29, 0.717) is 19.5 Å². The summed E-state index contributed by atoms with van der Waals surface area (Å²) in [4.78, 5) is 25.5. The lowest BCUT2D eigenvalue weighted by atomic mass is 10.0. The minimum atomic E-state index is -0.975. The molecule has 4 rings (SSSR count). The molecule has 2 aliphatic rings. The highest BCUT2D eigenvalue weighted by atomic mass is 16.5. The Labute approximate surface area is 144 Å². The number of carbonyl (C=O) groups is 2. The third-order valence-electron chi connectivity index (χ3n) is 4.92. The topological polar surface area (TPSA) is 84.7 Å². The van der Waals surface area contributed by atoms with E-state index in [-0.39, 0.29) is 17.5 Å². The summed E-state index contributed by atoms with van der Waals surface area (Å²) < 4.78 is 7.49. The number of carbonyl (C=O) groups excluding carboxylic acids is 1. The number of carboxylic acids is 1. The molecule has 0 aliphatic carbocycles. The quantitative estimate of drug-likeness (QED) is 0.919. The fourth-order valence-corrected chi connectivity index (χ4v) is 3.52. The normalized spacial score (nSPS) is 20.2. The van der Waals surface area contributed by atoms with Gasteiger partial charge in [-0.1, -0.05) is 18.2 Å². The average Bonchev–Trinajstić information content (AvgIpc) is 3.28. The Balaban J connectivity index is 1.36. The fourth-order valence-electron chi connectivity index (χ4n) is 3.52. The molecule has 2 aromatic rings. The van der Waals surface area contributed by atoms with E-state index in [0.717, 1.165) is 24.2 Å². The Morgan fingerprint density at radius 2 is 1.96 bits per heavy atom. The second-order valence-corrected chi connectivity index (χ2v) is 6.49. The maximum absolute atomic E-state index is 12.7. The zero-order chi connectivity index (χ0) is 17.4. The lowest BCUT2D eigenvalue weighted by molar-refractivity contribution is -0.139. The number of ether oxygens (including phenoxy) is 1. The van der Waals surface area contributed by atoms with E-state index in [4.69, 9.17) is 9.84 Å². The molecular weight excluding hydrogens is 322 g/mol. The first-order valence-electron chi connectivity index (χ1n) is 8.42. The van der Waals surface area contributed by atoms with E-state index in [1.54, 1.807) is 10.9 Å². The molecular formula is C18H19N3O4. The van der Waals surface area contributed by atoms with Crippen molar-refractivity contribution in [3.05, 3.63) is 47.8 Å². The van der Waals surface area contributed by atoms with Crippen LogP contribution in [0.3, 0.4) is 0 Å². The molecule has 1 fully saturated rings. The van der Waals surface area contributed by atoms with Crippen LogP contribution in [-0.4, -0.2) is 50.9 Å². The second kappa shape index (κ2) is 6.23. The van der Waals surface area contributed by atoms with E-state index >= 15 is 0 Å². The zero-order valence-corrected chi connectivity index (χ0v) is 13.7. The molecule has 0 radical (unpaired) electrons. The summed E-state index contributed by atoms with van der Waals surface area (Å²) in [6.45, 7) is 1.25. The number of aromatic carboxylic acids is 1. The highest BCUT2D eigenvalue weighted by molar-refractivity contribution is 5.86. The summed E-state index contributed by atoms with van der Waals surface area (Å²) in [5.74, 6) is -0.147. The number of likely N-dealkylation sites (tertiary alicyclic amines) is 1. The Morgan fingerprint density at radius 3 is 2.64 bits per heavy atom. The lowest BCUT2D eigenvalue weighted by Crippen LogP contribution is -2.45. The number of benzene rings is 1. The summed E-state index contributed by atoms with van der Waals surface area (Å²) in [6, 6.07) is 7.88. The lowest BCUT2D eigenvalue weighted by Gasteiger charge is -2.33. The summed E-state index contributed by atoms with van der Waals surface area (Å²) in [7, 11) is 0. The molecule has 1 atom stereocenters. The molecule has 7 heteroatoms. The smallest absolute Gasteiger partial charge is 0.338 e. The minimum absolute atomic E-state index is 0.0290. The maximum Gasteiger partial charge on any atom is 0.338 e. The van der Waals surface area contributed by atoms with Crippen molar-refractivity contribution in [2.24, 2.45) is 0 Å². The van der Waals surface area contributed by atoms with Crippen molar-refractivity contribution < 1.29 is 19.4 Å². The third kappa shape index (κ3) is 2.97. The van der Waals surface area contributed by atoms with E-state index < -0.39 is 12.1 Å². The standard InChI is InChI=1S/C18H19N3O4/c22-17(16-9-12-3-1-2-4-15(12)25-16)20-7-5-14(6-8-20)21-11-13(10-19-21)18(23)24/h1-4,10-11,14,16H,5-9H2,(H,23,24). The number of para-hydroxylation sites is 1. The van der Waals surface area contributed by atoms with Crippen LogP contribution < -0.4 is 4.74 Å². The van der Waals surface area contributed by atoms with Crippen LogP contribution in [0, 0.1) is 0 Å². The van der Waals surface area contributed by atoms with Gasteiger partial charge in [-0.15, -0.1) is 0 Å². The highest BCUT2D eigenvalue weighted by Gasteiger charge is 2.34. The molecule has 0 spiro atoms. The number of aromatic nitrogens is 2. The molecule has 25 heavy (non-hydrogen) atoms. The van der Waals surface area contributed by atoms with Crippen LogP contribution in [-0.2, 0) is 11.2 Å². The number of amides is 1. The Morgan fingerprint density at radius 1 is 1.20 bits per heavy atom. The van der Waals surface area contributed by atoms with Crippen molar-refractivity contribution in [3.8, 4) is 5.75 Å². The van der Waals surface area contributed by atoms with Crippen LogP contribution in [0.15, 0.2) is 36.7 Å². The first-order chi connectivity index (χ1) is 12.1. The molecule has 1 unspecified atom stereocenters. The molecule has 0 bridgehead atoms.